The van der Waals surface area contributed by atoms with Gasteiger partial charge < -0.3 is 9.88 Å². The Labute approximate surface area is 147 Å². The largest absolute Gasteiger partial charge is 0.375 e. The van der Waals surface area contributed by atoms with E-state index >= 15 is 0 Å². The number of benzene rings is 1. The summed E-state index contributed by atoms with van der Waals surface area (Å²) in [6, 6.07) is 7.20. The Balaban J connectivity index is 2.23. The van der Waals surface area contributed by atoms with Gasteiger partial charge in [0.15, 0.2) is 5.78 Å². The van der Waals surface area contributed by atoms with Crippen LogP contribution in [0.15, 0.2) is 24.3 Å². The minimum Gasteiger partial charge on any atom is -0.375 e. The zero-order valence-corrected chi connectivity index (χ0v) is 15.6. The molecule has 0 bridgehead atoms. The number of nitrogens with zero attached hydrogens (tertiary/aromatic N) is 1. The number of carbonyl (C=O) groups excluding carboxylic acids is 1. The summed E-state index contributed by atoms with van der Waals surface area (Å²) in [5.74, 6) is 0.0181. The lowest BCUT2D eigenvalue weighted by atomic mass is 10.1. The van der Waals surface area contributed by atoms with Crippen molar-refractivity contribution in [3.63, 3.8) is 0 Å². The van der Waals surface area contributed by atoms with Crippen LogP contribution in [-0.4, -0.2) is 16.9 Å². The van der Waals surface area contributed by atoms with Crippen molar-refractivity contribution >= 4 is 34.7 Å². The van der Waals surface area contributed by atoms with Gasteiger partial charge in [-0.05, 0) is 52.8 Å². The third kappa shape index (κ3) is 3.73. The van der Waals surface area contributed by atoms with Crippen LogP contribution < -0.4 is 5.32 Å². The van der Waals surface area contributed by atoms with Gasteiger partial charge >= 0.3 is 0 Å². The number of ketones is 1. The second-order valence-corrected chi connectivity index (χ2v) is 7.48. The lowest BCUT2D eigenvalue weighted by molar-refractivity contribution is 0.101. The summed E-state index contributed by atoms with van der Waals surface area (Å²) >= 11 is 12.2. The molecule has 2 aromatic rings. The van der Waals surface area contributed by atoms with Gasteiger partial charge in [0, 0.05) is 22.5 Å². The van der Waals surface area contributed by atoms with Crippen LogP contribution >= 0.6 is 23.2 Å². The van der Waals surface area contributed by atoms with E-state index in [1.54, 1.807) is 18.2 Å². The Morgan fingerprint density at radius 3 is 2.22 bits per heavy atom. The fraction of sp³-hybridized carbons (Fsp3) is 0.389. The molecule has 1 aromatic heterocycles. The van der Waals surface area contributed by atoms with Crippen molar-refractivity contribution in [1.29, 1.82) is 0 Å². The van der Waals surface area contributed by atoms with Gasteiger partial charge in [0.25, 0.3) is 0 Å². The first-order valence-corrected chi connectivity index (χ1v) is 8.29. The van der Waals surface area contributed by atoms with Gasteiger partial charge in [-0.15, -0.1) is 0 Å². The summed E-state index contributed by atoms with van der Waals surface area (Å²) in [6.45, 7) is 10.5. The van der Waals surface area contributed by atoms with E-state index in [2.05, 4.69) is 30.7 Å². The number of hydrogen-bond acceptors (Lipinski definition) is 2. The second kappa shape index (κ2) is 6.58. The van der Waals surface area contributed by atoms with Crippen molar-refractivity contribution in [2.45, 2.75) is 40.2 Å². The maximum Gasteiger partial charge on any atom is 0.183 e. The van der Waals surface area contributed by atoms with Crippen LogP contribution in [0.2, 0.25) is 10.0 Å². The van der Waals surface area contributed by atoms with E-state index in [1.165, 1.54) is 0 Å². The fourth-order valence-corrected chi connectivity index (χ4v) is 3.54. The number of Topliss-reactive ketones (excluding diaryl/α,β-unsaturated/α-hetero) is 1. The van der Waals surface area contributed by atoms with Crippen LogP contribution in [0, 0.1) is 13.8 Å². The van der Waals surface area contributed by atoms with E-state index < -0.39 is 0 Å². The lowest BCUT2D eigenvalue weighted by Gasteiger charge is -2.25. The van der Waals surface area contributed by atoms with Gasteiger partial charge in [-0.3, -0.25) is 4.79 Å². The van der Waals surface area contributed by atoms with Gasteiger partial charge in [0.1, 0.15) is 0 Å². The first kappa shape index (κ1) is 17.9. The van der Waals surface area contributed by atoms with Crippen molar-refractivity contribution in [1.82, 2.24) is 4.57 Å². The zero-order chi connectivity index (χ0) is 17.4. The molecule has 1 aromatic carbocycles. The predicted octanol–water partition coefficient (Wildman–Crippen LogP) is 5.46. The quantitative estimate of drug-likeness (QED) is 0.741. The summed E-state index contributed by atoms with van der Waals surface area (Å²) in [6.07, 6.45) is 0. The highest BCUT2D eigenvalue weighted by Gasteiger charge is 2.22. The van der Waals surface area contributed by atoms with Crippen LogP contribution in [0.25, 0.3) is 0 Å². The van der Waals surface area contributed by atoms with Crippen LogP contribution in [0.5, 0.6) is 0 Å². The van der Waals surface area contributed by atoms with E-state index in [9.17, 15) is 4.79 Å². The van der Waals surface area contributed by atoms with Crippen LogP contribution in [0.1, 0.15) is 42.5 Å². The van der Waals surface area contributed by atoms with Crippen molar-refractivity contribution in [3.05, 3.63) is 51.3 Å². The van der Waals surface area contributed by atoms with Crippen molar-refractivity contribution in [2.24, 2.45) is 0 Å². The highest BCUT2D eigenvalue weighted by molar-refractivity contribution is 6.39. The number of hydrogen-bond donors (Lipinski definition) is 1. The third-order valence-electron chi connectivity index (χ3n) is 3.79. The lowest BCUT2D eigenvalue weighted by Crippen LogP contribution is -2.24. The average Bonchev–Trinajstić information content (AvgIpc) is 2.72. The van der Waals surface area contributed by atoms with E-state index in [-0.39, 0.29) is 17.9 Å². The summed E-state index contributed by atoms with van der Waals surface area (Å²) in [5, 5.41) is 4.06. The molecule has 0 aliphatic rings. The van der Waals surface area contributed by atoms with Crippen LogP contribution in [0.3, 0.4) is 0 Å². The fourth-order valence-electron chi connectivity index (χ4n) is 3.01. The van der Waals surface area contributed by atoms with E-state index in [1.807, 2.05) is 19.9 Å². The first-order chi connectivity index (χ1) is 10.6. The van der Waals surface area contributed by atoms with Crippen molar-refractivity contribution in [2.75, 3.05) is 11.9 Å². The molecule has 124 valence electrons. The SMILES string of the molecule is Cc1cc(C(=O)CNc2c(Cl)cccc2Cl)c(C)n1C(C)(C)C. The molecule has 3 nitrogen and oxygen atoms in total. The number of para-hydroxylation sites is 1. The summed E-state index contributed by atoms with van der Waals surface area (Å²) < 4.78 is 2.18. The average molecular weight is 353 g/mol. The summed E-state index contributed by atoms with van der Waals surface area (Å²) in [5.41, 5.74) is 3.31. The summed E-state index contributed by atoms with van der Waals surface area (Å²) in [7, 11) is 0. The highest BCUT2D eigenvalue weighted by Crippen LogP contribution is 2.30. The zero-order valence-electron chi connectivity index (χ0n) is 14.1. The van der Waals surface area contributed by atoms with Crippen LogP contribution in [0.4, 0.5) is 5.69 Å². The molecule has 0 radical (unpaired) electrons. The molecule has 2 rings (SSSR count). The minimum atomic E-state index is -0.0633. The number of rotatable bonds is 4. The van der Waals surface area contributed by atoms with Gasteiger partial charge in [-0.2, -0.15) is 0 Å². The van der Waals surface area contributed by atoms with Crippen molar-refractivity contribution in [3.8, 4) is 0 Å². The number of aromatic nitrogens is 1. The molecule has 0 aliphatic carbocycles. The normalized spacial score (nSPS) is 11.6. The van der Waals surface area contributed by atoms with E-state index in [4.69, 9.17) is 23.2 Å². The Kier molecular flexibility index (Phi) is 5.12. The maximum atomic E-state index is 12.6. The standard InChI is InChI=1S/C18H22Cl2N2O/c1-11-9-13(12(2)22(11)18(3,4)5)16(23)10-21-17-14(19)7-6-8-15(17)20/h6-9,21H,10H2,1-5H3. The molecule has 0 atom stereocenters. The molecular weight excluding hydrogens is 331 g/mol. The molecular formula is C18H22Cl2N2O. The Morgan fingerprint density at radius 1 is 1.17 bits per heavy atom. The third-order valence-corrected chi connectivity index (χ3v) is 4.42. The smallest absolute Gasteiger partial charge is 0.183 e. The molecule has 1 N–H and O–H groups in total. The van der Waals surface area contributed by atoms with Crippen LogP contribution in [-0.2, 0) is 5.54 Å². The minimum absolute atomic E-state index is 0.0181. The molecule has 1 heterocycles. The number of nitrogens with one attached hydrogen (secondary N) is 1. The van der Waals surface area contributed by atoms with Gasteiger partial charge in [-0.1, -0.05) is 29.3 Å². The number of carbonyl (C=O) groups is 1. The highest BCUT2D eigenvalue weighted by atomic mass is 35.5. The molecule has 0 fully saturated rings. The van der Waals surface area contributed by atoms with Crippen molar-refractivity contribution < 1.29 is 4.79 Å². The Bertz CT molecular complexity index is 722. The van der Waals surface area contributed by atoms with E-state index in [0.29, 0.717) is 15.7 Å². The second-order valence-electron chi connectivity index (χ2n) is 6.66. The molecule has 5 heteroatoms. The van der Waals surface area contributed by atoms with Gasteiger partial charge in [-0.25, -0.2) is 0 Å². The van der Waals surface area contributed by atoms with Gasteiger partial charge in [0.2, 0.25) is 0 Å². The van der Waals surface area contributed by atoms with Gasteiger partial charge in [0.05, 0.1) is 22.3 Å². The molecule has 0 unspecified atom stereocenters. The van der Waals surface area contributed by atoms with E-state index in [0.717, 1.165) is 17.0 Å². The molecule has 0 saturated heterocycles. The Morgan fingerprint density at radius 2 is 1.74 bits per heavy atom. The number of anilines is 1. The molecule has 0 amide bonds. The molecule has 0 spiro atoms. The molecule has 23 heavy (non-hydrogen) atoms. The molecule has 0 saturated carbocycles. The topological polar surface area (TPSA) is 34.0 Å². The first-order valence-electron chi connectivity index (χ1n) is 7.53. The monoisotopic (exact) mass is 352 g/mol. The number of halogens is 2. The molecule has 0 aliphatic heterocycles. The maximum absolute atomic E-state index is 12.6. The Hall–Kier alpha value is -1.45. The summed E-state index contributed by atoms with van der Waals surface area (Å²) in [4.78, 5) is 12.6. The predicted molar refractivity (Wildman–Crippen MR) is 98.2 cm³/mol. The number of aryl methyl sites for hydroxylation is 1.